The highest BCUT2D eigenvalue weighted by atomic mass is 19.2. The van der Waals surface area contributed by atoms with Crippen LogP contribution >= 0.6 is 0 Å². The maximum Gasteiger partial charge on any atom is 0.224 e. The summed E-state index contributed by atoms with van der Waals surface area (Å²) in [6.07, 6.45) is 4.12. The molecule has 1 aliphatic rings. The van der Waals surface area contributed by atoms with Crippen molar-refractivity contribution in [3.8, 4) is 0 Å². The van der Waals surface area contributed by atoms with Gasteiger partial charge in [0.2, 0.25) is 5.91 Å². The molecule has 0 spiro atoms. The fourth-order valence-electron chi connectivity index (χ4n) is 3.62. The number of nitrogens with zero attached hydrogens (tertiary/aromatic N) is 3. The minimum absolute atomic E-state index is 0.172. The van der Waals surface area contributed by atoms with Crippen LogP contribution in [0.5, 0.6) is 0 Å². The molecule has 1 aromatic heterocycles. The summed E-state index contributed by atoms with van der Waals surface area (Å²) in [6, 6.07) is 5.62. The van der Waals surface area contributed by atoms with Crippen LogP contribution in [0.1, 0.15) is 37.9 Å². The van der Waals surface area contributed by atoms with Gasteiger partial charge < -0.3 is 15.5 Å². The number of rotatable bonds is 6. The molecule has 1 heterocycles. The van der Waals surface area contributed by atoms with Gasteiger partial charge in [-0.25, -0.2) is 18.7 Å². The van der Waals surface area contributed by atoms with Crippen molar-refractivity contribution in [2.75, 3.05) is 29.6 Å². The molecule has 156 valence electrons. The monoisotopic (exact) mass is 403 g/mol. The fourth-order valence-corrected chi connectivity index (χ4v) is 3.62. The molecule has 0 bridgehead atoms. The highest BCUT2D eigenvalue weighted by Crippen LogP contribution is 2.29. The largest absolute Gasteiger partial charge is 0.367 e. The van der Waals surface area contributed by atoms with Crippen LogP contribution in [0.4, 0.5) is 26.1 Å². The molecule has 0 atom stereocenters. The second-order valence-electron chi connectivity index (χ2n) is 7.80. The molecular weight excluding hydrogens is 376 g/mol. The van der Waals surface area contributed by atoms with Crippen molar-refractivity contribution in [3.63, 3.8) is 0 Å². The summed E-state index contributed by atoms with van der Waals surface area (Å²) in [7, 11) is 3.89. The standard InChI is InChI=1S/C21H27F2N5O/c1-13-24-19(12-20(25-13)28(2)3)26-15-6-4-14(5-7-15)10-21(29)27-16-8-9-17(22)18(23)11-16/h8-9,11-12,14-15H,4-7,10H2,1-3H3,(H,27,29)(H,24,25,26). The lowest BCUT2D eigenvalue weighted by Gasteiger charge is -2.29. The summed E-state index contributed by atoms with van der Waals surface area (Å²) in [6.45, 7) is 1.88. The smallest absolute Gasteiger partial charge is 0.224 e. The van der Waals surface area contributed by atoms with E-state index in [1.54, 1.807) is 0 Å². The maximum atomic E-state index is 13.3. The first-order valence-electron chi connectivity index (χ1n) is 9.84. The number of aromatic nitrogens is 2. The van der Waals surface area contributed by atoms with Crippen molar-refractivity contribution < 1.29 is 13.6 Å². The molecule has 0 unspecified atom stereocenters. The van der Waals surface area contributed by atoms with Crippen molar-refractivity contribution in [1.82, 2.24) is 9.97 Å². The van der Waals surface area contributed by atoms with Crippen LogP contribution in [0, 0.1) is 24.5 Å². The number of hydrogen-bond donors (Lipinski definition) is 2. The topological polar surface area (TPSA) is 70.2 Å². The molecule has 1 aliphatic carbocycles. The molecule has 0 radical (unpaired) electrons. The second-order valence-corrected chi connectivity index (χ2v) is 7.80. The van der Waals surface area contributed by atoms with Crippen molar-refractivity contribution in [3.05, 3.63) is 41.7 Å². The minimum Gasteiger partial charge on any atom is -0.367 e. The van der Waals surface area contributed by atoms with Crippen molar-refractivity contribution in [2.24, 2.45) is 5.92 Å². The van der Waals surface area contributed by atoms with Crippen molar-refractivity contribution in [1.29, 1.82) is 0 Å². The molecule has 1 aromatic carbocycles. The van der Waals surface area contributed by atoms with E-state index in [0.717, 1.165) is 55.3 Å². The number of aryl methyl sites for hydroxylation is 1. The summed E-state index contributed by atoms with van der Waals surface area (Å²) < 4.78 is 26.2. The van der Waals surface area contributed by atoms with Gasteiger partial charge in [-0.1, -0.05) is 0 Å². The van der Waals surface area contributed by atoms with Crippen molar-refractivity contribution in [2.45, 2.75) is 45.1 Å². The average molecular weight is 403 g/mol. The Labute approximate surface area is 169 Å². The van der Waals surface area contributed by atoms with Crippen molar-refractivity contribution >= 4 is 23.2 Å². The lowest BCUT2D eigenvalue weighted by atomic mass is 9.84. The average Bonchev–Trinajstić information content (AvgIpc) is 2.66. The lowest BCUT2D eigenvalue weighted by molar-refractivity contribution is -0.117. The third-order valence-corrected chi connectivity index (χ3v) is 5.16. The third-order valence-electron chi connectivity index (χ3n) is 5.16. The quantitative estimate of drug-likeness (QED) is 0.759. The van der Waals surface area contributed by atoms with Crippen LogP contribution < -0.4 is 15.5 Å². The Hall–Kier alpha value is -2.77. The van der Waals surface area contributed by atoms with E-state index < -0.39 is 11.6 Å². The number of benzene rings is 1. The van der Waals surface area contributed by atoms with Gasteiger partial charge in [-0.2, -0.15) is 0 Å². The van der Waals surface area contributed by atoms with E-state index in [0.29, 0.717) is 12.5 Å². The number of nitrogens with one attached hydrogen (secondary N) is 2. The van der Waals surface area contributed by atoms with Gasteiger partial charge in [-0.05, 0) is 50.7 Å². The molecule has 8 heteroatoms. The van der Waals surface area contributed by atoms with Gasteiger partial charge in [0.15, 0.2) is 11.6 Å². The van der Waals surface area contributed by atoms with E-state index in [1.807, 2.05) is 32.0 Å². The highest BCUT2D eigenvalue weighted by molar-refractivity contribution is 5.90. The molecule has 0 aliphatic heterocycles. The van der Waals surface area contributed by atoms with Gasteiger partial charge in [0.05, 0.1) is 0 Å². The van der Waals surface area contributed by atoms with Gasteiger partial charge in [-0.15, -0.1) is 0 Å². The fraction of sp³-hybridized carbons (Fsp3) is 0.476. The Bertz CT molecular complexity index is 866. The zero-order chi connectivity index (χ0) is 21.0. The molecule has 0 saturated heterocycles. The number of amides is 1. The predicted molar refractivity (Wildman–Crippen MR) is 110 cm³/mol. The molecular formula is C21H27F2N5O. The van der Waals surface area contributed by atoms with E-state index in [-0.39, 0.29) is 17.5 Å². The Kier molecular flexibility index (Phi) is 6.61. The zero-order valence-electron chi connectivity index (χ0n) is 17.0. The van der Waals surface area contributed by atoms with Gasteiger partial charge >= 0.3 is 0 Å². The number of hydrogen-bond acceptors (Lipinski definition) is 5. The normalized spacial score (nSPS) is 18.9. The van der Waals surface area contributed by atoms with Gasteiger partial charge in [0.1, 0.15) is 17.5 Å². The van der Waals surface area contributed by atoms with E-state index in [1.165, 1.54) is 6.07 Å². The lowest BCUT2D eigenvalue weighted by Crippen LogP contribution is -2.28. The molecule has 2 aromatic rings. The van der Waals surface area contributed by atoms with Gasteiger partial charge in [-0.3, -0.25) is 4.79 Å². The zero-order valence-corrected chi connectivity index (χ0v) is 17.0. The summed E-state index contributed by atoms with van der Waals surface area (Å²) in [5.41, 5.74) is 0.278. The van der Waals surface area contributed by atoms with E-state index in [4.69, 9.17) is 0 Å². The number of anilines is 3. The first-order chi connectivity index (χ1) is 13.8. The summed E-state index contributed by atoms with van der Waals surface area (Å²) in [5.74, 6) is 0.624. The van der Waals surface area contributed by atoms with Crippen LogP contribution in [0.2, 0.25) is 0 Å². The van der Waals surface area contributed by atoms with E-state index >= 15 is 0 Å². The molecule has 1 saturated carbocycles. The Balaban J connectivity index is 1.48. The summed E-state index contributed by atoms with van der Waals surface area (Å²) in [4.78, 5) is 23.0. The molecule has 3 rings (SSSR count). The van der Waals surface area contributed by atoms with Crippen LogP contribution in [0.3, 0.4) is 0 Å². The van der Waals surface area contributed by atoms with Crippen LogP contribution in [0.15, 0.2) is 24.3 Å². The molecule has 2 N–H and O–H groups in total. The third kappa shape index (κ3) is 5.85. The first-order valence-corrected chi connectivity index (χ1v) is 9.84. The molecule has 1 amide bonds. The Morgan fingerprint density at radius 2 is 1.83 bits per heavy atom. The number of carbonyl (C=O) groups excluding carboxylic acids is 1. The molecule has 6 nitrogen and oxygen atoms in total. The van der Waals surface area contributed by atoms with E-state index in [9.17, 15) is 13.6 Å². The number of carbonyl (C=O) groups is 1. The molecule has 29 heavy (non-hydrogen) atoms. The highest BCUT2D eigenvalue weighted by Gasteiger charge is 2.23. The van der Waals surface area contributed by atoms with E-state index in [2.05, 4.69) is 20.6 Å². The van der Waals surface area contributed by atoms with Crippen LogP contribution in [0.25, 0.3) is 0 Å². The minimum atomic E-state index is -0.966. The van der Waals surface area contributed by atoms with Crippen LogP contribution in [-0.2, 0) is 4.79 Å². The van der Waals surface area contributed by atoms with Gasteiger partial charge in [0, 0.05) is 44.4 Å². The summed E-state index contributed by atoms with van der Waals surface area (Å²) in [5, 5.41) is 6.14. The first kappa shape index (κ1) is 21.0. The summed E-state index contributed by atoms with van der Waals surface area (Å²) >= 11 is 0. The predicted octanol–water partition coefficient (Wildman–Crippen LogP) is 4.13. The number of halogens is 2. The molecule has 1 fully saturated rings. The SMILES string of the molecule is Cc1nc(NC2CCC(CC(=O)Nc3ccc(F)c(F)c3)CC2)cc(N(C)C)n1. The Morgan fingerprint density at radius 1 is 1.10 bits per heavy atom. The maximum absolute atomic E-state index is 13.3. The Morgan fingerprint density at radius 3 is 2.48 bits per heavy atom. The van der Waals surface area contributed by atoms with Crippen LogP contribution in [-0.4, -0.2) is 36.0 Å². The second kappa shape index (κ2) is 9.15. The van der Waals surface area contributed by atoms with Gasteiger partial charge in [0.25, 0.3) is 0 Å².